The largest absolute Gasteiger partial charge is 0.384 e. The summed E-state index contributed by atoms with van der Waals surface area (Å²) in [6.07, 6.45) is 1.61. The molecule has 0 bridgehead atoms. The van der Waals surface area contributed by atoms with Crippen molar-refractivity contribution in [3.63, 3.8) is 0 Å². The Morgan fingerprint density at radius 2 is 1.94 bits per heavy atom. The molecule has 0 aliphatic heterocycles. The number of hydrogen-bond donors (Lipinski definition) is 2. The van der Waals surface area contributed by atoms with Crippen molar-refractivity contribution in [1.29, 1.82) is 0 Å². The van der Waals surface area contributed by atoms with Gasteiger partial charge in [0.15, 0.2) is 0 Å². The topological polar surface area (TPSA) is 76.7 Å². The zero-order valence-corrected chi connectivity index (χ0v) is 9.23. The number of aryl methyl sites for hydroxylation is 2. The van der Waals surface area contributed by atoms with E-state index in [1.807, 2.05) is 26.0 Å². The lowest BCUT2D eigenvalue weighted by Gasteiger charge is -2.07. The molecule has 3 N–H and O–H groups in total. The molecule has 0 aromatic carbocycles. The smallest absolute Gasteiger partial charge is 0.229 e. The Balaban J connectivity index is 2.27. The molecular formula is C11H13N5. The van der Waals surface area contributed by atoms with E-state index in [-0.39, 0.29) is 0 Å². The predicted molar refractivity (Wildman–Crippen MR) is 63.4 cm³/mol. The summed E-state index contributed by atoms with van der Waals surface area (Å²) in [5.74, 6) is 0.920. The fourth-order valence-electron chi connectivity index (χ4n) is 1.37. The Kier molecular flexibility index (Phi) is 2.68. The van der Waals surface area contributed by atoms with Crippen LogP contribution in [0.1, 0.15) is 11.4 Å². The third kappa shape index (κ3) is 2.25. The first kappa shape index (κ1) is 10.4. The second-order valence-electron chi connectivity index (χ2n) is 3.52. The molecule has 5 nitrogen and oxygen atoms in total. The SMILES string of the molecule is Cc1ccc(Nc2nccc(N)n2)c(C)n1. The average Bonchev–Trinajstić information content (AvgIpc) is 2.22. The molecule has 0 unspecified atom stereocenters. The van der Waals surface area contributed by atoms with Crippen molar-refractivity contribution in [3.8, 4) is 0 Å². The Morgan fingerprint density at radius 1 is 1.12 bits per heavy atom. The van der Waals surface area contributed by atoms with Crippen molar-refractivity contribution in [3.05, 3.63) is 35.8 Å². The van der Waals surface area contributed by atoms with E-state index in [2.05, 4.69) is 20.3 Å². The highest BCUT2D eigenvalue weighted by Gasteiger charge is 2.02. The van der Waals surface area contributed by atoms with Crippen molar-refractivity contribution < 1.29 is 0 Å². The van der Waals surface area contributed by atoms with Crippen LogP contribution in [0.15, 0.2) is 24.4 Å². The van der Waals surface area contributed by atoms with Crippen molar-refractivity contribution in [1.82, 2.24) is 15.0 Å². The number of rotatable bonds is 2. The van der Waals surface area contributed by atoms with Gasteiger partial charge < -0.3 is 11.1 Å². The molecule has 5 heteroatoms. The lowest BCUT2D eigenvalue weighted by atomic mass is 10.3. The molecule has 2 aromatic rings. The van der Waals surface area contributed by atoms with Crippen LogP contribution in [-0.4, -0.2) is 15.0 Å². The molecule has 2 aromatic heterocycles. The van der Waals surface area contributed by atoms with Gasteiger partial charge in [0.25, 0.3) is 0 Å². The maximum absolute atomic E-state index is 5.57. The summed E-state index contributed by atoms with van der Waals surface area (Å²) < 4.78 is 0. The minimum atomic E-state index is 0.440. The monoisotopic (exact) mass is 215 g/mol. The maximum atomic E-state index is 5.57. The molecule has 0 atom stereocenters. The van der Waals surface area contributed by atoms with Gasteiger partial charge in [0.05, 0.1) is 11.4 Å². The predicted octanol–water partition coefficient (Wildman–Crippen LogP) is 1.81. The van der Waals surface area contributed by atoms with Crippen molar-refractivity contribution >= 4 is 17.5 Å². The van der Waals surface area contributed by atoms with Crippen LogP contribution < -0.4 is 11.1 Å². The van der Waals surface area contributed by atoms with E-state index in [1.165, 1.54) is 0 Å². The Hall–Kier alpha value is -2.17. The molecule has 2 heterocycles. The van der Waals surface area contributed by atoms with Crippen LogP contribution in [0, 0.1) is 13.8 Å². The van der Waals surface area contributed by atoms with E-state index in [0.717, 1.165) is 17.1 Å². The molecule has 82 valence electrons. The number of nitrogens with zero attached hydrogens (tertiary/aromatic N) is 3. The molecule has 0 fully saturated rings. The maximum Gasteiger partial charge on any atom is 0.229 e. The standard InChI is InChI=1S/C11H13N5/c1-7-3-4-9(8(2)14-7)15-11-13-6-5-10(12)16-11/h3-6H,1-2H3,(H3,12,13,15,16). The number of pyridine rings is 1. The lowest BCUT2D eigenvalue weighted by Crippen LogP contribution is -2.01. The number of aromatic nitrogens is 3. The number of nitrogens with one attached hydrogen (secondary N) is 1. The van der Waals surface area contributed by atoms with Gasteiger partial charge in [-0.15, -0.1) is 0 Å². The highest BCUT2D eigenvalue weighted by Crippen LogP contribution is 2.16. The van der Waals surface area contributed by atoms with Gasteiger partial charge in [-0.05, 0) is 32.0 Å². The van der Waals surface area contributed by atoms with Gasteiger partial charge in [0.2, 0.25) is 5.95 Å². The van der Waals surface area contributed by atoms with Gasteiger partial charge in [-0.25, -0.2) is 4.98 Å². The summed E-state index contributed by atoms with van der Waals surface area (Å²) >= 11 is 0. The summed E-state index contributed by atoms with van der Waals surface area (Å²) in [5, 5.41) is 3.08. The summed E-state index contributed by atoms with van der Waals surface area (Å²) in [5.41, 5.74) is 8.34. The lowest BCUT2D eigenvalue weighted by molar-refractivity contribution is 1.11. The van der Waals surface area contributed by atoms with Gasteiger partial charge in [-0.2, -0.15) is 4.98 Å². The van der Waals surface area contributed by atoms with Crippen LogP contribution in [0.25, 0.3) is 0 Å². The van der Waals surface area contributed by atoms with E-state index in [1.54, 1.807) is 12.3 Å². The quantitative estimate of drug-likeness (QED) is 0.799. The Morgan fingerprint density at radius 3 is 2.62 bits per heavy atom. The molecule has 0 amide bonds. The van der Waals surface area contributed by atoms with Gasteiger partial charge in [0, 0.05) is 11.9 Å². The van der Waals surface area contributed by atoms with E-state index in [4.69, 9.17) is 5.73 Å². The third-order valence-electron chi connectivity index (χ3n) is 2.15. The van der Waals surface area contributed by atoms with E-state index in [9.17, 15) is 0 Å². The van der Waals surface area contributed by atoms with E-state index < -0.39 is 0 Å². The zero-order valence-electron chi connectivity index (χ0n) is 9.23. The summed E-state index contributed by atoms with van der Waals surface area (Å²) in [6.45, 7) is 3.88. The molecule has 0 aliphatic rings. The van der Waals surface area contributed by atoms with Crippen LogP contribution in [0.3, 0.4) is 0 Å². The second kappa shape index (κ2) is 4.14. The van der Waals surface area contributed by atoms with Crippen LogP contribution in [-0.2, 0) is 0 Å². The average molecular weight is 215 g/mol. The van der Waals surface area contributed by atoms with Crippen LogP contribution in [0.2, 0.25) is 0 Å². The Bertz CT molecular complexity index is 509. The summed E-state index contributed by atoms with van der Waals surface area (Å²) in [6, 6.07) is 5.53. The minimum Gasteiger partial charge on any atom is -0.384 e. The first-order valence-corrected chi connectivity index (χ1v) is 4.95. The van der Waals surface area contributed by atoms with Gasteiger partial charge >= 0.3 is 0 Å². The normalized spacial score (nSPS) is 10.1. The van der Waals surface area contributed by atoms with E-state index >= 15 is 0 Å². The fourth-order valence-corrected chi connectivity index (χ4v) is 1.37. The summed E-state index contributed by atoms with van der Waals surface area (Å²) in [7, 11) is 0. The molecule has 0 aliphatic carbocycles. The highest BCUT2D eigenvalue weighted by atomic mass is 15.1. The molecule has 16 heavy (non-hydrogen) atoms. The van der Waals surface area contributed by atoms with Gasteiger partial charge in [0.1, 0.15) is 5.82 Å². The Labute approximate surface area is 93.8 Å². The van der Waals surface area contributed by atoms with Crippen LogP contribution in [0.4, 0.5) is 17.5 Å². The number of nitrogens with two attached hydrogens (primary N) is 1. The highest BCUT2D eigenvalue weighted by molar-refractivity contribution is 5.56. The van der Waals surface area contributed by atoms with Crippen molar-refractivity contribution in [2.24, 2.45) is 0 Å². The van der Waals surface area contributed by atoms with Crippen molar-refractivity contribution in [2.45, 2.75) is 13.8 Å². The van der Waals surface area contributed by atoms with Crippen molar-refractivity contribution in [2.75, 3.05) is 11.1 Å². The second-order valence-corrected chi connectivity index (χ2v) is 3.52. The molecule has 0 radical (unpaired) electrons. The number of hydrogen-bond acceptors (Lipinski definition) is 5. The molecule has 0 spiro atoms. The van der Waals surface area contributed by atoms with Gasteiger partial charge in [-0.1, -0.05) is 0 Å². The molecule has 0 saturated carbocycles. The van der Waals surface area contributed by atoms with E-state index in [0.29, 0.717) is 11.8 Å². The first-order chi connectivity index (χ1) is 7.65. The third-order valence-corrected chi connectivity index (χ3v) is 2.15. The minimum absolute atomic E-state index is 0.440. The van der Waals surface area contributed by atoms with Gasteiger partial charge in [-0.3, -0.25) is 4.98 Å². The number of nitrogen functional groups attached to an aromatic ring is 1. The first-order valence-electron chi connectivity index (χ1n) is 4.95. The molecule has 0 saturated heterocycles. The zero-order chi connectivity index (χ0) is 11.5. The molecular weight excluding hydrogens is 202 g/mol. The fraction of sp³-hybridized carbons (Fsp3) is 0.182. The van der Waals surface area contributed by atoms with Crippen LogP contribution >= 0.6 is 0 Å². The molecule has 2 rings (SSSR count). The summed E-state index contributed by atoms with van der Waals surface area (Å²) in [4.78, 5) is 12.5. The van der Waals surface area contributed by atoms with Crippen LogP contribution in [0.5, 0.6) is 0 Å². The number of anilines is 3.